The molecule has 0 spiro atoms. The Hall–Kier alpha value is -2.30. The Morgan fingerprint density at radius 2 is 1.50 bits per heavy atom. The summed E-state index contributed by atoms with van der Waals surface area (Å²) in [5, 5.41) is 8.30. The van der Waals surface area contributed by atoms with Crippen LogP contribution in [0.25, 0.3) is 0 Å². The van der Waals surface area contributed by atoms with Crippen LogP contribution in [0, 0.1) is 5.92 Å². The van der Waals surface area contributed by atoms with Crippen LogP contribution in [0.5, 0.6) is 0 Å². The highest BCUT2D eigenvalue weighted by molar-refractivity contribution is 5.91. The van der Waals surface area contributed by atoms with Crippen LogP contribution < -0.4 is 16.0 Å². The van der Waals surface area contributed by atoms with E-state index < -0.39 is 35.1 Å². The standard InChI is InChI=1S/C21H25F6N3O2/c22-20(23,24)13-9-14(21(25,26)27)11-16(10-13)29-18(31)8-12-3-5-15(6-4-12)30-19(32)17-2-1-7-28-17/h9-12,15,17,28H,1-8H2,(H,29,31)(H,30,32)/t12-,15-,17-/m0/s1. The summed E-state index contributed by atoms with van der Waals surface area (Å²) >= 11 is 0. The number of hydrogen-bond acceptors (Lipinski definition) is 3. The molecule has 2 amide bonds. The average Bonchev–Trinajstić information content (AvgIpc) is 3.23. The van der Waals surface area contributed by atoms with Gasteiger partial charge in [0.1, 0.15) is 0 Å². The minimum atomic E-state index is -4.97. The summed E-state index contributed by atoms with van der Waals surface area (Å²) in [5.41, 5.74) is -3.49. The van der Waals surface area contributed by atoms with Crippen molar-refractivity contribution >= 4 is 17.5 Å². The van der Waals surface area contributed by atoms with Gasteiger partial charge in [-0.3, -0.25) is 9.59 Å². The molecule has 3 N–H and O–H groups in total. The number of hydrogen-bond donors (Lipinski definition) is 3. The maximum absolute atomic E-state index is 13.0. The second kappa shape index (κ2) is 9.68. The summed E-state index contributed by atoms with van der Waals surface area (Å²) < 4.78 is 77.7. The average molecular weight is 465 g/mol. The number of anilines is 1. The largest absolute Gasteiger partial charge is 0.416 e. The van der Waals surface area contributed by atoms with Crippen LogP contribution in [-0.4, -0.2) is 30.4 Å². The molecule has 1 saturated heterocycles. The lowest BCUT2D eigenvalue weighted by Gasteiger charge is -2.29. The van der Waals surface area contributed by atoms with Crippen molar-refractivity contribution in [1.82, 2.24) is 10.6 Å². The molecule has 2 aliphatic rings. The Balaban J connectivity index is 1.53. The van der Waals surface area contributed by atoms with Gasteiger partial charge in [-0.15, -0.1) is 0 Å². The molecule has 0 aromatic heterocycles. The summed E-state index contributed by atoms with van der Waals surface area (Å²) in [6.45, 7) is 0.816. The van der Waals surface area contributed by atoms with Crippen molar-refractivity contribution in [2.24, 2.45) is 5.92 Å². The Morgan fingerprint density at radius 3 is 2.00 bits per heavy atom. The fraction of sp³-hybridized carbons (Fsp3) is 0.619. The van der Waals surface area contributed by atoms with Crippen LogP contribution >= 0.6 is 0 Å². The molecular formula is C21H25F6N3O2. The van der Waals surface area contributed by atoms with E-state index in [1.165, 1.54) is 0 Å². The SMILES string of the molecule is O=C(C[C@H]1CC[C@H](NC(=O)[C@@H]2CCCN2)CC1)Nc1cc(C(F)(F)F)cc(C(F)(F)F)c1. The van der Waals surface area contributed by atoms with Gasteiger partial charge in [-0.25, -0.2) is 0 Å². The van der Waals surface area contributed by atoms with Gasteiger partial charge in [0.15, 0.2) is 0 Å². The predicted octanol–water partition coefficient (Wildman–Crippen LogP) is 4.48. The number of nitrogens with one attached hydrogen (secondary N) is 3. The summed E-state index contributed by atoms with van der Waals surface area (Å²) in [6.07, 6.45) is -5.61. The van der Waals surface area contributed by atoms with Crippen molar-refractivity contribution in [3.8, 4) is 0 Å². The van der Waals surface area contributed by atoms with Gasteiger partial charge in [0.05, 0.1) is 17.2 Å². The molecule has 1 aromatic rings. The van der Waals surface area contributed by atoms with E-state index in [1.54, 1.807) is 0 Å². The number of rotatable bonds is 5. The van der Waals surface area contributed by atoms with Gasteiger partial charge >= 0.3 is 12.4 Å². The topological polar surface area (TPSA) is 70.2 Å². The third-order valence-corrected chi connectivity index (χ3v) is 5.92. The van der Waals surface area contributed by atoms with Gasteiger partial charge in [0.2, 0.25) is 11.8 Å². The van der Waals surface area contributed by atoms with Crippen LogP contribution in [0.2, 0.25) is 0 Å². The molecular weight excluding hydrogens is 440 g/mol. The Kier molecular flexibility index (Phi) is 7.36. The number of benzene rings is 1. The molecule has 1 aromatic carbocycles. The second-order valence-corrected chi connectivity index (χ2v) is 8.42. The van der Waals surface area contributed by atoms with E-state index in [4.69, 9.17) is 0 Å². The van der Waals surface area contributed by atoms with Crippen LogP contribution in [0.4, 0.5) is 32.0 Å². The van der Waals surface area contributed by atoms with E-state index in [0.717, 1.165) is 19.4 Å². The van der Waals surface area contributed by atoms with Gasteiger partial charge in [0.25, 0.3) is 0 Å². The zero-order valence-electron chi connectivity index (χ0n) is 17.2. The van der Waals surface area contributed by atoms with Crippen molar-refractivity contribution in [3.63, 3.8) is 0 Å². The van der Waals surface area contributed by atoms with Gasteiger partial charge in [-0.1, -0.05) is 0 Å². The lowest BCUT2D eigenvalue weighted by Crippen LogP contribution is -2.46. The summed E-state index contributed by atoms with van der Waals surface area (Å²) in [6, 6.07) is 0.842. The minimum absolute atomic E-state index is 0.00187. The number of halogens is 6. The molecule has 1 aliphatic heterocycles. The molecule has 1 heterocycles. The van der Waals surface area contributed by atoms with Gasteiger partial charge in [0, 0.05) is 18.2 Å². The first-order valence-corrected chi connectivity index (χ1v) is 10.5. The van der Waals surface area contributed by atoms with Gasteiger partial charge in [-0.05, 0) is 69.2 Å². The number of carbonyl (C=O) groups is 2. The van der Waals surface area contributed by atoms with Crippen molar-refractivity contribution in [2.45, 2.75) is 69.4 Å². The van der Waals surface area contributed by atoms with E-state index >= 15 is 0 Å². The Bertz CT molecular complexity index is 794. The minimum Gasteiger partial charge on any atom is -0.352 e. The summed E-state index contributed by atoms with van der Waals surface area (Å²) in [7, 11) is 0. The van der Waals surface area contributed by atoms with Crippen LogP contribution in [0.15, 0.2) is 18.2 Å². The third-order valence-electron chi connectivity index (χ3n) is 5.92. The highest BCUT2D eigenvalue weighted by Gasteiger charge is 2.37. The summed E-state index contributed by atoms with van der Waals surface area (Å²) in [4.78, 5) is 24.5. The van der Waals surface area contributed by atoms with Gasteiger partial charge < -0.3 is 16.0 Å². The maximum atomic E-state index is 13.0. The molecule has 5 nitrogen and oxygen atoms in total. The maximum Gasteiger partial charge on any atom is 0.416 e. The molecule has 178 valence electrons. The van der Waals surface area contributed by atoms with Crippen LogP contribution in [-0.2, 0) is 21.9 Å². The highest BCUT2D eigenvalue weighted by atomic mass is 19.4. The van der Waals surface area contributed by atoms with E-state index in [9.17, 15) is 35.9 Å². The second-order valence-electron chi connectivity index (χ2n) is 8.42. The zero-order chi connectivity index (χ0) is 23.5. The van der Waals surface area contributed by atoms with E-state index in [0.29, 0.717) is 37.8 Å². The lowest BCUT2D eigenvalue weighted by molar-refractivity contribution is -0.143. The molecule has 2 fully saturated rings. The molecule has 0 radical (unpaired) electrons. The molecule has 0 unspecified atom stereocenters. The first-order chi connectivity index (χ1) is 14.9. The van der Waals surface area contributed by atoms with Crippen LogP contribution in [0.1, 0.15) is 56.1 Å². The normalized spacial score (nSPS) is 24.2. The predicted molar refractivity (Wildman–Crippen MR) is 105 cm³/mol. The molecule has 0 bridgehead atoms. The van der Waals surface area contributed by atoms with E-state index in [-0.39, 0.29) is 36.4 Å². The lowest BCUT2D eigenvalue weighted by atomic mass is 9.84. The zero-order valence-corrected chi connectivity index (χ0v) is 17.2. The number of alkyl halides is 6. The summed E-state index contributed by atoms with van der Waals surface area (Å²) in [5.74, 6) is -0.727. The molecule has 11 heteroatoms. The van der Waals surface area contributed by atoms with Crippen molar-refractivity contribution in [3.05, 3.63) is 29.3 Å². The fourth-order valence-corrected chi connectivity index (χ4v) is 4.22. The molecule has 3 rings (SSSR count). The van der Waals surface area contributed by atoms with Crippen molar-refractivity contribution < 1.29 is 35.9 Å². The van der Waals surface area contributed by atoms with Crippen molar-refractivity contribution in [1.29, 1.82) is 0 Å². The van der Waals surface area contributed by atoms with E-state index in [2.05, 4.69) is 16.0 Å². The quantitative estimate of drug-likeness (QED) is 0.562. The van der Waals surface area contributed by atoms with Crippen LogP contribution in [0.3, 0.4) is 0 Å². The first-order valence-electron chi connectivity index (χ1n) is 10.5. The smallest absolute Gasteiger partial charge is 0.352 e. The Labute approximate surface area is 181 Å². The van der Waals surface area contributed by atoms with Gasteiger partial charge in [-0.2, -0.15) is 26.3 Å². The first kappa shape index (κ1) is 24.3. The molecule has 1 atom stereocenters. The fourth-order valence-electron chi connectivity index (χ4n) is 4.22. The molecule has 1 aliphatic carbocycles. The highest BCUT2D eigenvalue weighted by Crippen LogP contribution is 2.37. The Morgan fingerprint density at radius 1 is 0.906 bits per heavy atom. The molecule has 32 heavy (non-hydrogen) atoms. The number of carbonyl (C=O) groups excluding carboxylic acids is 2. The van der Waals surface area contributed by atoms with Crippen molar-refractivity contribution in [2.75, 3.05) is 11.9 Å². The third kappa shape index (κ3) is 6.60. The number of amides is 2. The van der Waals surface area contributed by atoms with E-state index in [1.807, 2.05) is 0 Å². The monoisotopic (exact) mass is 465 g/mol. The molecule has 1 saturated carbocycles.